The highest BCUT2D eigenvalue weighted by atomic mass is 16.2. The van der Waals surface area contributed by atoms with E-state index < -0.39 is 0 Å². The van der Waals surface area contributed by atoms with Crippen molar-refractivity contribution in [3.05, 3.63) is 29.8 Å². The van der Waals surface area contributed by atoms with E-state index in [1.54, 1.807) is 11.9 Å². The molecule has 0 heterocycles. The number of rotatable bonds is 4. The van der Waals surface area contributed by atoms with Gasteiger partial charge < -0.3 is 10.2 Å². The number of nitrogens with zero attached hydrogens (tertiary/aromatic N) is 1. The smallest absolute Gasteiger partial charge is 0.241 e. The van der Waals surface area contributed by atoms with E-state index in [1.807, 2.05) is 38.1 Å². The number of likely N-dealkylation sites (N-methyl/N-ethyl adjacent to an activating group) is 1. The monoisotopic (exact) mass is 206 g/mol. The van der Waals surface area contributed by atoms with E-state index in [9.17, 15) is 4.79 Å². The number of benzene rings is 1. The molecule has 0 aliphatic carbocycles. The van der Waals surface area contributed by atoms with Crippen LogP contribution in [0.3, 0.4) is 0 Å². The van der Waals surface area contributed by atoms with Crippen LogP contribution in [0.5, 0.6) is 0 Å². The lowest BCUT2D eigenvalue weighted by molar-refractivity contribution is -0.127. The molecule has 82 valence electrons. The minimum absolute atomic E-state index is 0.109. The number of hydrogen-bond donors (Lipinski definition) is 1. The Morgan fingerprint density at radius 3 is 2.47 bits per heavy atom. The van der Waals surface area contributed by atoms with Gasteiger partial charge in [0.25, 0.3) is 0 Å². The number of nitrogens with one attached hydrogen (secondary N) is 1. The number of anilines is 1. The Kier molecular flexibility index (Phi) is 4.16. The Morgan fingerprint density at radius 1 is 1.33 bits per heavy atom. The van der Waals surface area contributed by atoms with Crippen molar-refractivity contribution in [1.82, 2.24) is 4.90 Å². The molecule has 1 aromatic carbocycles. The third-order valence-corrected chi connectivity index (χ3v) is 2.40. The SMILES string of the molecule is CCN(C)C(=O)CNc1ccc(C)cc1. The van der Waals surface area contributed by atoms with E-state index in [1.165, 1.54) is 5.56 Å². The van der Waals surface area contributed by atoms with Gasteiger partial charge in [0.1, 0.15) is 0 Å². The molecule has 0 atom stereocenters. The fraction of sp³-hybridized carbons (Fsp3) is 0.417. The van der Waals surface area contributed by atoms with Crippen LogP contribution in [0.15, 0.2) is 24.3 Å². The maximum absolute atomic E-state index is 11.5. The maximum atomic E-state index is 11.5. The highest BCUT2D eigenvalue weighted by Gasteiger charge is 2.04. The number of carbonyl (C=O) groups is 1. The summed E-state index contributed by atoms with van der Waals surface area (Å²) < 4.78 is 0. The second kappa shape index (κ2) is 5.39. The summed E-state index contributed by atoms with van der Waals surface area (Å²) in [6, 6.07) is 8.01. The fourth-order valence-electron chi connectivity index (χ4n) is 1.16. The summed E-state index contributed by atoms with van der Waals surface area (Å²) in [5.41, 5.74) is 2.20. The van der Waals surface area contributed by atoms with Crippen molar-refractivity contribution in [3.63, 3.8) is 0 Å². The van der Waals surface area contributed by atoms with E-state index in [0.717, 1.165) is 12.2 Å². The Hall–Kier alpha value is -1.51. The number of amides is 1. The lowest BCUT2D eigenvalue weighted by Gasteiger charge is -2.15. The summed E-state index contributed by atoms with van der Waals surface area (Å²) in [5, 5.41) is 3.10. The average molecular weight is 206 g/mol. The maximum Gasteiger partial charge on any atom is 0.241 e. The quantitative estimate of drug-likeness (QED) is 0.816. The van der Waals surface area contributed by atoms with E-state index in [4.69, 9.17) is 0 Å². The summed E-state index contributed by atoms with van der Waals surface area (Å²) in [7, 11) is 1.80. The van der Waals surface area contributed by atoms with E-state index in [-0.39, 0.29) is 5.91 Å². The Bertz CT molecular complexity index is 319. The molecule has 1 aromatic rings. The van der Waals surface area contributed by atoms with Gasteiger partial charge in [-0.3, -0.25) is 4.79 Å². The average Bonchev–Trinajstić information content (AvgIpc) is 2.26. The first kappa shape index (κ1) is 11.6. The number of aryl methyl sites for hydroxylation is 1. The van der Waals surface area contributed by atoms with E-state index in [0.29, 0.717) is 6.54 Å². The largest absolute Gasteiger partial charge is 0.376 e. The van der Waals surface area contributed by atoms with Crippen molar-refractivity contribution < 1.29 is 4.79 Å². The van der Waals surface area contributed by atoms with Crippen molar-refractivity contribution in [2.75, 3.05) is 25.5 Å². The zero-order valence-electron chi connectivity index (χ0n) is 9.58. The van der Waals surface area contributed by atoms with Gasteiger partial charge in [-0.2, -0.15) is 0 Å². The molecule has 0 unspecified atom stereocenters. The zero-order chi connectivity index (χ0) is 11.3. The minimum Gasteiger partial charge on any atom is -0.376 e. The van der Waals surface area contributed by atoms with Crippen LogP contribution in [0.25, 0.3) is 0 Å². The third kappa shape index (κ3) is 3.62. The van der Waals surface area contributed by atoms with Crippen molar-refractivity contribution in [3.8, 4) is 0 Å². The molecule has 0 saturated heterocycles. The zero-order valence-corrected chi connectivity index (χ0v) is 9.58. The normalized spacial score (nSPS) is 9.80. The molecule has 0 spiro atoms. The second-order valence-electron chi connectivity index (χ2n) is 3.63. The molecule has 1 amide bonds. The molecule has 0 radical (unpaired) electrons. The summed E-state index contributed by atoms with van der Waals surface area (Å²) >= 11 is 0. The molecule has 1 rings (SSSR count). The van der Waals surface area contributed by atoms with Gasteiger partial charge in [0, 0.05) is 19.3 Å². The van der Waals surface area contributed by atoms with Crippen LogP contribution in [0.2, 0.25) is 0 Å². The lowest BCUT2D eigenvalue weighted by atomic mass is 10.2. The molecule has 0 saturated carbocycles. The fourth-order valence-corrected chi connectivity index (χ4v) is 1.16. The predicted molar refractivity (Wildman–Crippen MR) is 63.0 cm³/mol. The highest BCUT2D eigenvalue weighted by molar-refractivity contribution is 5.80. The third-order valence-electron chi connectivity index (χ3n) is 2.40. The molecule has 3 heteroatoms. The van der Waals surface area contributed by atoms with Crippen molar-refractivity contribution in [1.29, 1.82) is 0 Å². The number of hydrogen-bond acceptors (Lipinski definition) is 2. The van der Waals surface area contributed by atoms with Crippen LogP contribution in [0.1, 0.15) is 12.5 Å². The summed E-state index contributed by atoms with van der Waals surface area (Å²) in [6.45, 7) is 5.10. The van der Waals surface area contributed by atoms with Crippen LogP contribution in [0, 0.1) is 6.92 Å². The molecule has 0 aliphatic heterocycles. The lowest BCUT2D eigenvalue weighted by Crippen LogP contribution is -2.31. The van der Waals surface area contributed by atoms with Gasteiger partial charge in [0.2, 0.25) is 5.91 Å². The van der Waals surface area contributed by atoms with Gasteiger partial charge in [0.15, 0.2) is 0 Å². The van der Waals surface area contributed by atoms with E-state index >= 15 is 0 Å². The van der Waals surface area contributed by atoms with Crippen LogP contribution in [-0.2, 0) is 4.79 Å². The molecule has 3 nitrogen and oxygen atoms in total. The molecular formula is C12H18N2O. The van der Waals surface area contributed by atoms with Gasteiger partial charge in [-0.25, -0.2) is 0 Å². The van der Waals surface area contributed by atoms with Gasteiger partial charge in [-0.05, 0) is 26.0 Å². The summed E-state index contributed by atoms with van der Waals surface area (Å²) in [6.07, 6.45) is 0. The summed E-state index contributed by atoms with van der Waals surface area (Å²) in [5.74, 6) is 0.109. The molecule has 0 bridgehead atoms. The van der Waals surface area contributed by atoms with Gasteiger partial charge in [-0.15, -0.1) is 0 Å². The minimum atomic E-state index is 0.109. The Balaban J connectivity index is 2.43. The molecule has 0 aromatic heterocycles. The van der Waals surface area contributed by atoms with Crippen LogP contribution < -0.4 is 5.32 Å². The van der Waals surface area contributed by atoms with Crippen LogP contribution in [0.4, 0.5) is 5.69 Å². The van der Waals surface area contributed by atoms with Crippen LogP contribution >= 0.6 is 0 Å². The first-order valence-electron chi connectivity index (χ1n) is 5.18. The first-order chi connectivity index (χ1) is 7.13. The first-order valence-corrected chi connectivity index (χ1v) is 5.18. The second-order valence-corrected chi connectivity index (χ2v) is 3.63. The molecule has 0 aliphatic rings. The Morgan fingerprint density at radius 2 is 1.93 bits per heavy atom. The molecular weight excluding hydrogens is 188 g/mol. The molecule has 0 fully saturated rings. The van der Waals surface area contributed by atoms with E-state index in [2.05, 4.69) is 5.32 Å². The van der Waals surface area contributed by atoms with Gasteiger partial charge >= 0.3 is 0 Å². The van der Waals surface area contributed by atoms with Crippen LogP contribution in [-0.4, -0.2) is 30.9 Å². The molecule has 15 heavy (non-hydrogen) atoms. The standard InChI is InChI=1S/C12H18N2O/c1-4-14(3)12(15)9-13-11-7-5-10(2)6-8-11/h5-8,13H,4,9H2,1-3H3. The molecule has 1 N–H and O–H groups in total. The number of carbonyl (C=O) groups excluding carboxylic acids is 1. The highest BCUT2D eigenvalue weighted by Crippen LogP contribution is 2.07. The predicted octanol–water partition coefficient (Wildman–Crippen LogP) is 1.89. The summed E-state index contributed by atoms with van der Waals surface area (Å²) in [4.78, 5) is 13.2. The van der Waals surface area contributed by atoms with Crippen molar-refractivity contribution in [2.45, 2.75) is 13.8 Å². The Labute approximate surface area is 91.1 Å². The topological polar surface area (TPSA) is 32.3 Å². The van der Waals surface area contributed by atoms with Crippen molar-refractivity contribution in [2.24, 2.45) is 0 Å². The van der Waals surface area contributed by atoms with Gasteiger partial charge in [-0.1, -0.05) is 17.7 Å². The van der Waals surface area contributed by atoms with Crippen molar-refractivity contribution >= 4 is 11.6 Å². The van der Waals surface area contributed by atoms with Gasteiger partial charge in [0.05, 0.1) is 6.54 Å².